The molecule has 0 spiro atoms. The molecule has 4 heteroatoms. The smallest absolute Gasteiger partial charge is 0.227 e. The van der Waals surface area contributed by atoms with Gasteiger partial charge in [-0.15, -0.1) is 0 Å². The Kier molecular flexibility index (Phi) is 3.68. The maximum Gasteiger partial charge on any atom is 0.227 e. The summed E-state index contributed by atoms with van der Waals surface area (Å²) in [6, 6.07) is 2.18. The van der Waals surface area contributed by atoms with Crippen molar-refractivity contribution < 1.29 is 0 Å². The molecule has 0 aliphatic heterocycles. The molecule has 0 aromatic carbocycles. The summed E-state index contributed by atoms with van der Waals surface area (Å²) >= 11 is 0. The summed E-state index contributed by atoms with van der Waals surface area (Å²) in [5, 5.41) is 0. The van der Waals surface area contributed by atoms with Crippen molar-refractivity contribution in [1.82, 2.24) is 9.97 Å². The lowest BCUT2D eigenvalue weighted by Gasteiger charge is -2.26. The Balaban J connectivity index is 2.82. The van der Waals surface area contributed by atoms with Crippen LogP contribution >= 0.6 is 0 Å². The Morgan fingerprint density at radius 1 is 1.43 bits per heavy atom. The van der Waals surface area contributed by atoms with Crippen LogP contribution in [0, 0.1) is 0 Å². The predicted octanol–water partition coefficient (Wildman–Crippen LogP) is 1.68. The molecule has 0 fully saturated rings. The van der Waals surface area contributed by atoms with E-state index in [0.717, 1.165) is 12.8 Å². The molecule has 0 unspecified atom stereocenters. The Labute approximate surface area is 85.2 Å². The van der Waals surface area contributed by atoms with Gasteiger partial charge in [0.1, 0.15) is 5.82 Å². The van der Waals surface area contributed by atoms with Gasteiger partial charge < -0.3 is 10.6 Å². The standard InChI is InChI=1S/C10H18N4/c1-4-8(5-2)14(3)10-12-7-6-9(11)13-10/h6-8H,4-5H2,1-3H3,(H2,11,12,13). The van der Waals surface area contributed by atoms with E-state index < -0.39 is 0 Å². The predicted molar refractivity (Wildman–Crippen MR) is 59.2 cm³/mol. The first kappa shape index (κ1) is 10.8. The second kappa shape index (κ2) is 4.79. The lowest BCUT2D eigenvalue weighted by atomic mass is 10.1. The van der Waals surface area contributed by atoms with E-state index in [9.17, 15) is 0 Å². The first-order valence-corrected chi connectivity index (χ1v) is 5.00. The maximum atomic E-state index is 5.60. The van der Waals surface area contributed by atoms with Gasteiger partial charge in [0.05, 0.1) is 0 Å². The minimum Gasteiger partial charge on any atom is -0.384 e. The molecule has 1 heterocycles. The SMILES string of the molecule is CCC(CC)N(C)c1nccc(N)n1. The van der Waals surface area contributed by atoms with Gasteiger partial charge in [-0.05, 0) is 18.9 Å². The van der Waals surface area contributed by atoms with Crippen LogP contribution in [0.25, 0.3) is 0 Å². The van der Waals surface area contributed by atoms with Gasteiger partial charge in [-0.2, -0.15) is 4.98 Å². The van der Waals surface area contributed by atoms with Crippen molar-refractivity contribution in [2.24, 2.45) is 0 Å². The fraction of sp³-hybridized carbons (Fsp3) is 0.600. The summed E-state index contributed by atoms with van der Waals surface area (Å²) < 4.78 is 0. The van der Waals surface area contributed by atoms with Gasteiger partial charge in [0, 0.05) is 19.3 Å². The van der Waals surface area contributed by atoms with Crippen molar-refractivity contribution in [3.63, 3.8) is 0 Å². The lowest BCUT2D eigenvalue weighted by molar-refractivity contribution is 0.581. The summed E-state index contributed by atoms with van der Waals surface area (Å²) in [4.78, 5) is 10.5. The Morgan fingerprint density at radius 3 is 2.57 bits per heavy atom. The average molecular weight is 194 g/mol. The number of rotatable bonds is 4. The zero-order chi connectivity index (χ0) is 10.6. The van der Waals surface area contributed by atoms with E-state index in [-0.39, 0.29) is 0 Å². The van der Waals surface area contributed by atoms with Gasteiger partial charge in [-0.25, -0.2) is 4.98 Å². The van der Waals surface area contributed by atoms with Crippen LogP contribution in [0.4, 0.5) is 11.8 Å². The van der Waals surface area contributed by atoms with Crippen LogP contribution < -0.4 is 10.6 Å². The van der Waals surface area contributed by atoms with Crippen molar-refractivity contribution in [2.75, 3.05) is 17.7 Å². The fourth-order valence-corrected chi connectivity index (χ4v) is 1.53. The molecule has 1 aromatic rings. The Hall–Kier alpha value is -1.32. The second-order valence-corrected chi connectivity index (χ2v) is 3.36. The van der Waals surface area contributed by atoms with Gasteiger partial charge in [-0.1, -0.05) is 13.8 Å². The molecule has 0 saturated heterocycles. The molecule has 1 aromatic heterocycles. The minimum absolute atomic E-state index is 0.483. The van der Waals surface area contributed by atoms with E-state index >= 15 is 0 Å². The molecule has 0 amide bonds. The lowest BCUT2D eigenvalue weighted by Crippen LogP contribution is -2.31. The second-order valence-electron chi connectivity index (χ2n) is 3.36. The normalized spacial score (nSPS) is 10.6. The Morgan fingerprint density at radius 2 is 2.07 bits per heavy atom. The number of nitrogen functional groups attached to an aromatic ring is 1. The third-order valence-corrected chi connectivity index (χ3v) is 2.47. The van der Waals surface area contributed by atoms with Crippen molar-refractivity contribution in [3.8, 4) is 0 Å². The maximum absolute atomic E-state index is 5.60. The molecular weight excluding hydrogens is 176 g/mol. The van der Waals surface area contributed by atoms with Crippen LogP contribution in [0.15, 0.2) is 12.3 Å². The molecule has 14 heavy (non-hydrogen) atoms. The van der Waals surface area contributed by atoms with Gasteiger partial charge in [0.15, 0.2) is 0 Å². The topological polar surface area (TPSA) is 55.0 Å². The monoisotopic (exact) mass is 194 g/mol. The molecule has 0 aliphatic rings. The van der Waals surface area contributed by atoms with Gasteiger partial charge >= 0.3 is 0 Å². The highest BCUT2D eigenvalue weighted by molar-refractivity contribution is 5.37. The van der Waals surface area contributed by atoms with Crippen LogP contribution in [0.1, 0.15) is 26.7 Å². The highest BCUT2D eigenvalue weighted by Crippen LogP contribution is 2.14. The third kappa shape index (κ3) is 2.34. The summed E-state index contributed by atoms with van der Waals surface area (Å²) in [6.07, 6.45) is 3.87. The van der Waals surface area contributed by atoms with Crippen LogP contribution in [0.5, 0.6) is 0 Å². The number of nitrogens with two attached hydrogens (primary N) is 1. The molecular formula is C10H18N4. The van der Waals surface area contributed by atoms with E-state index in [4.69, 9.17) is 5.73 Å². The van der Waals surface area contributed by atoms with Crippen molar-refractivity contribution >= 4 is 11.8 Å². The zero-order valence-corrected chi connectivity index (χ0v) is 9.07. The highest BCUT2D eigenvalue weighted by Gasteiger charge is 2.13. The number of hydrogen-bond acceptors (Lipinski definition) is 4. The number of nitrogens with zero attached hydrogens (tertiary/aromatic N) is 3. The number of anilines is 2. The highest BCUT2D eigenvalue weighted by atomic mass is 15.3. The quantitative estimate of drug-likeness (QED) is 0.792. The first-order chi connectivity index (χ1) is 6.69. The van der Waals surface area contributed by atoms with Crippen LogP contribution in [0.3, 0.4) is 0 Å². The van der Waals surface area contributed by atoms with Gasteiger partial charge in [-0.3, -0.25) is 0 Å². The van der Waals surface area contributed by atoms with E-state index in [0.29, 0.717) is 17.8 Å². The summed E-state index contributed by atoms with van der Waals surface area (Å²) in [5.41, 5.74) is 5.60. The zero-order valence-electron chi connectivity index (χ0n) is 9.07. The molecule has 0 bridgehead atoms. The number of hydrogen-bond donors (Lipinski definition) is 1. The van der Waals surface area contributed by atoms with Crippen molar-refractivity contribution in [1.29, 1.82) is 0 Å². The van der Waals surface area contributed by atoms with Gasteiger partial charge in [0.2, 0.25) is 5.95 Å². The van der Waals surface area contributed by atoms with Crippen LogP contribution in [-0.2, 0) is 0 Å². The van der Waals surface area contributed by atoms with Crippen LogP contribution in [0.2, 0.25) is 0 Å². The molecule has 1 rings (SSSR count). The van der Waals surface area contributed by atoms with Crippen molar-refractivity contribution in [2.45, 2.75) is 32.7 Å². The molecule has 78 valence electrons. The van der Waals surface area contributed by atoms with Crippen LogP contribution in [-0.4, -0.2) is 23.1 Å². The summed E-state index contributed by atoms with van der Waals surface area (Å²) in [7, 11) is 2.01. The first-order valence-electron chi connectivity index (χ1n) is 5.00. The summed E-state index contributed by atoms with van der Waals surface area (Å²) in [5.74, 6) is 1.23. The van der Waals surface area contributed by atoms with Gasteiger partial charge in [0.25, 0.3) is 0 Å². The third-order valence-electron chi connectivity index (χ3n) is 2.47. The van der Waals surface area contributed by atoms with E-state index in [2.05, 4.69) is 28.7 Å². The Bertz CT molecular complexity index is 283. The molecule has 0 aliphatic carbocycles. The molecule has 0 radical (unpaired) electrons. The molecule has 0 saturated carbocycles. The average Bonchev–Trinajstić information content (AvgIpc) is 2.19. The molecule has 0 atom stereocenters. The minimum atomic E-state index is 0.483. The molecule has 4 nitrogen and oxygen atoms in total. The number of aromatic nitrogens is 2. The largest absolute Gasteiger partial charge is 0.384 e. The van der Waals surface area contributed by atoms with E-state index in [1.165, 1.54) is 0 Å². The molecule has 2 N–H and O–H groups in total. The van der Waals surface area contributed by atoms with E-state index in [1.54, 1.807) is 12.3 Å². The van der Waals surface area contributed by atoms with E-state index in [1.807, 2.05) is 7.05 Å². The summed E-state index contributed by atoms with van der Waals surface area (Å²) in [6.45, 7) is 4.33. The fourth-order valence-electron chi connectivity index (χ4n) is 1.53. The van der Waals surface area contributed by atoms with Crippen molar-refractivity contribution in [3.05, 3.63) is 12.3 Å².